The number of benzene rings is 2. The lowest BCUT2D eigenvalue weighted by Crippen LogP contribution is -2.27. The molecule has 0 bridgehead atoms. The van der Waals surface area contributed by atoms with Gasteiger partial charge in [-0.1, -0.05) is 31.0 Å². The van der Waals surface area contributed by atoms with Gasteiger partial charge in [0.25, 0.3) is 0 Å². The number of fused-ring (bicyclic) bond motifs is 1. The van der Waals surface area contributed by atoms with E-state index >= 15 is 0 Å². The van der Waals surface area contributed by atoms with Gasteiger partial charge in [-0.2, -0.15) is 0 Å². The van der Waals surface area contributed by atoms with Gasteiger partial charge in [0.05, 0.1) is 15.2 Å². The van der Waals surface area contributed by atoms with Gasteiger partial charge in [0, 0.05) is 31.1 Å². The van der Waals surface area contributed by atoms with Crippen molar-refractivity contribution in [3.05, 3.63) is 53.5 Å². The Bertz CT molecular complexity index is 1000. The van der Waals surface area contributed by atoms with E-state index in [1.165, 1.54) is 11.6 Å². The molecular formula is C23H25N3O2S. The molecule has 0 radical (unpaired) electrons. The summed E-state index contributed by atoms with van der Waals surface area (Å²) in [6.45, 7) is 1.47. The number of hydrogen-bond acceptors (Lipinski definition) is 4. The van der Waals surface area contributed by atoms with E-state index in [9.17, 15) is 9.59 Å². The lowest BCUT2D eigenvalue weighted by Gasteiger charge is -2.27. The number of amides is 2. The van der Waals surface area contributed by atoms with Crippen LogP contribution >= 0.6 is 11.3 Å². The summed E-state index contributed by atoms with van der Waals surface area (Å²) in [5.74, 6) is -0.109. The Morgan fingerprint density at radius 1 is 1.03 bits per heavy atom. The molecule has 0 atom stereocenters. The second-order valence-electron chi connectivity index (χ2n) is 7.95. The molecule has 150 valence electrons. The Kier molecular flexibility index (Phi) is 5.62. The van der Waals surface area contributed by atoms with Gasteiger partial charge in [0.15, 0.2) is 0 Å². The molecule has 4 rings (SSSR count). The summed E-state index contributed by atoms with van der Waals surface area (Å²) in [5, 5.41) is 6.88. The minimum atomic E-state index is -0.130. The highest BCUT2D eigenvalue weighted by Crippen LogP contribution is 2.45. The van der Waals surface area contributed by atoms with Crippen molar-refractivity contribution >= 4 is 44.7 Å². The number of thiazole rings is 1. The number of anilines is 2. The van der Waals surface area contributed by atoms with E-state index in [-0.39, 0.29) is 17.2 Å². The molecule has 0 unspecified atom stereocenters. The smallest absolute Gasteiger partial charge is 0.224 e. The lowest BCUT2D eigenvalue weighted by atomic mass is 9.79. The fraction of sp³-hybridized carbons (Fsp3) is 0.348. The van der Waals surface area contributed by atoms with Crippen molar-refractivity contribution in [2.45, 2.75) is 45.4 Å². The zero-order valence-corrected chi connectivity index (χ0v) is 17.3. The molecule has 0 aliphatic heterocycles. The minimum absolute atomic E-state index is 0.0206. The molecule has 1 aliphatic carbocycles. The molecule has 1 fully saturated rings. The maximum absolute atomic E-state index is 12.9. The zero-order valence-electron chi connectivity index (χ0n) is 16.5. The van der Waals surface area contributed by atoms with Gasteiger partial charge in [0.1, 0.15) is 0 Å². The summed E-state index contributed by atoms with van der Waals surface area (Å²) in [6.07, 6.45) is 5.79. The van der Waals surface area contributed by atoms with E-state index in [1.54, 1.807) is 17.4 Å². The van der Waals surface area contributed by atoms with Crippen LogP contribution in [0.15, 0.2) is 48.5 Å². The molecule has 5 nitrogen and oxygen atoms in total. The highest BCUT2D eigenvalue weighted by molar-refractivity contribution is 7.18. The van der Waals surface area contributed by atoms with Crippen molar-refractivity contribution < 1.29 is 9.59 Å². The molecular weight excluding hydrogens is 382 g/mol. The molecule has 1 aliphatic rings. The second kappa shape index (κ2) is 8.33. The van der Waals surface area contributed by atoms with Crippen LogP contribution < -0.4 is 10.6 Å². The third kappa shape index (κ3) is 4.82. The summed E-state index contributed by atoms with van der Waals surface area (Å²) in [7, 11) is 0. The van der Waals surface area contributed by atoms with E-state index in [2.05, 4.69) is 16.7 Å². The molecule has 6 heteroatoms. The van der Waals surface area contributed by atoms with Crippen LogP contribution in [0.1, 0.15) is 44.0 Å². The van der Waals surface area contributed by atoms with Crippen molar-refractivity contribution in [2.24, 2.45) is 5.41 Å². The van der Waals surface area contributed by atoms with Crippen LogP contribution in [0.25, 0.3) is 10.2 Å². The molecule has 3 aromatic rings. The van der Waals surface area contributed by atoms with Gasteiger partial charge in [-0.05, 0) is 48.6 Å². The third-order valence-electron chi connectivity index (χ3n) is 5.53. The Hall–Kier alpha value is -2.73. The largest absolute Gasteiger partial charge is 0.326 e. The first-order chi connectivity index (χ1) is 14.0. The SMILES string of the molecule is CC(=O)Nc1cccc(NC(=O)CC2(Cc3nc4ccccc4s3)CCCC2)c1. The fourth-order valence-electron chi connectivity index (χ4n) is 4.28. The summed E-state index contributed by atoms with van der Waals surface area (Å²) < 4.78 is 1.20. The predicted octanol–water partition coefficient (Wildman–Crippen LogP) is 5.39. The van der Waals surface area contributed by atoms with Crippen LogP contribution in [0, 0.1) is 5.41 Å². The number of para-hydroxylation sites is 1. The Balaban J connectivity index is 1.46. The van der Waals surface area contributed by atoms with Crippen LogP contribution in [-0.4, -0.2) is 16.8 Å². The van der Waals surface area contributed by atoms with Crippen molar-refractivity contribution in [2.75, 3.05) is 10.6 Å². The zero-order chi connectivity index (χ0) is 20.3. The minimum Gasteiger partial charge on any atom is -0.326 e. The van der Waals surface area contributed by atoms with Gasteiger partial charge >= 0.3 is 0 Å². The van der Waals surface area contributed by atoms with Crippen LogP contribution in [-0.2, 0) is 16.0 Å². The predicted molar refractivity (Wildman–Crippen MR) is 118 cm³/mol. The average Bonchev–Trinajstić information content (AvgIpc) is 3.27. The fourth-order valence-corrected chi connectivity index (χ4v) is 5.42. The first-order valence-corrected chi connectivity index (χ1v) is 10.9. The Morgan fingerprint density at radius 2 is 1.76 bits per heavy atom. The molecule has 2 amide bonds. The first kappa shape index (κ1) is 19.6. The van der Waals surface area contributed by atoms with Gasteiger partial charge in [-0.3, -0.25) is 9.59 Å². The van der Waals surface area contributed by atoms with E-state index in [0.717, 1.165) is 42.6 Å². The Labute approximate surface area is 174 Å². The summed E-state index contributed by atoms with van der Waals surface area (Å²) in [5.41, 5.74) is 2.40. The van der Waals surface area contributed by atoms with E-state index in [4.69, 9.17) is 4.98 Å². The number of rotatable bonds is 6. The average molecular weight is 408 g/mol. The molecule has 1 heterocycles. The highest BCUT2D eigenvalue weighted by atomic mass is 32.1. The monoisotopic (exact) mass is 407 g/mol. The Morgan fingerprint density at radius 3 is 2.48 bits per heavy atom. The summed E-state index contributed by atoms with van der Waals surface area (Å²) in [6, 6.07) is 15.5. The van der Waals surface area contributed by atoms with Gasteiger partial charge in [-0.25, -0.2) is 4.98 Å². The number of aromatic nitrogens is 1. The number of hydrogen-bond donors (Lipinski definition) is 2. The normalized spacial score (nSPS) is 15.3. The van der Waals surface area contributed by atoms with Gasteiger partial charge in [0.2, 0.25) is 11.8 Å². The van der Waals surface area contributed by atoms with E-state index < -0.39 is 0 Å². The molecule has 0 saturated heterocycles. The number of carbonyl (C=O) groups excluding carboxylic acids is 2. The second-order valence-corrected chi connectivity index (χ2v) is 9.06. The molecule has 29 heavy (non-hydrogen) atoms. The van der Waals surface area contributed by atoms with E-state index in [1.807, 2.05) is 36.4 Å². The molecule has 1 aromatic heterocycles. The van der Waals surface area contributed by atoms with Crippen LogP contribution in [0.4, 0.5) is 11.4 Å². The summed E-state index contributed by atoms with van der Waals surface area (Å²) >= 11 is 1.74. The lowest BCUT2D eigenvalue weighted by molar-refractivity contribution is -0.118. The number of nitrogens with zero attached hydrogens (tertiary/aromatic N) is 1. The van der Waals surface area contributed by atoms with Crippen molar-refractivity contribution in [3.63, 3.8) is 0 Å². The topological polar surface area (TPSA) is 71.1 Å². The quantitative estimate of drug-likeness (QED) is 0.576. The van der Waals surface area contributed by atoms with Crippen LogP contribution in [0.3, 0.4) is 0 Å². The van der Waals surface area contributed by atoms with E-state index in [0.29, 0.717) is 17.8 Å². The molecule has 2 aromatic carbocycles. The first-order valence-electron chi connectivity index (χ1n) is 10.0. The summed E-state index contributed by atoms with van der Waals surface area (Å²) in [4.78, 5) is 28.9. The maximum atomic E-state index is 12.9. The van der Waals surface area contributed by atoms with Crippen molar-refractivity contribution in [1.82, 2.24) is 4.98 Å². The molecule has 1 saturated carbocycles. The number of carbonyl (C=O) groups is 2. The van der Waals surface area contributed by atoms with Gasteiger partial charge < -0.3 is 10.6 Å². The highest BCUT2D eigenvalue weighted by Gasteiger charge is 2.37. The maximum Gasteiger partial charge on any atom is 0.224 e. The number of nitrogens with one attached hydrogen (secondary N) is 2. The molecule has 0 spiro atoms. The van der Waals surface area contributed by atoms with Crippen LogP contribution in [0.5, 0.6) is 0 Å². The van der Waals surface area contributed by atoms with Gasteiger partial charge in [-0.15, -0.1) is 11.3 Å². The van der Waals surface area contributed by atoms with Crippen LogP contribution in [0.2, 0.25) is 0 Å². The third-order valence-corrected chi connectivity index (χ3v) is 6.57. The van der Waals surface area contributed by atoms with Crippen molar-refractivity contribution in [1.29, 1.82) is 0 Å². The molecule has 2 N–H and O–H groups in total. The standard InChI is InChI=1S/C23H25N3O2S/c1-16(27)24-17-7-6-8-18(13-17)25-21(28)14-23(11-4-5-12-23)15-22-26-19-9-2-3-10-20(19)29-22/h2-3,6-10,13H,4-5,11-12,14-15H2,1H3,(H,24,27)(H,25,28). The van der Waals surface area contributed by atoms with Crippen molar-refractivity contribution in [3.8, 4) is 0 Å².